The van der Waals surface area contributed by atoms with Crippen molar-refractivity contribution in [3.05, 3.63) is 11.8 Å². The summed E-state index contributed by atoms with van der Waals surface area (Å²) >= 11 is 0. The standard InChI is InChI=1S/C11H17F3N3O4P/c1-5-19-22(18,20-6-2)21-9-7-8(11(12,13)14)15-10(16-9)17(3)4/h7H,5-6H2,1-4H3. The lowest BCUT2D eigenvalue weighted by molar-refractivity contribution is -0.141. The van der Waals surface area contributed by atoms with Crippen LogP contribution in [0.2, 0.25) is 0 Å². The van der Waals surface area contributed by atoms with Crippen molar-refractivity contribution in [1.82, 2.24) is 9.97 Å². The van der Waals surface area contributed by atoms with E-state index in [0.29, 0.717) is 6.07 Å². The lowest BCUT2D eigenvalue weighted by Crippen LogP contribution is -2.17. The molecule has 0 unspecified atom stereocenters. The van der Waals surface area contributed by atoms with Gasteiger partial charge in [0, 0.05) is 20.2 Å². The van der Waals surface area contributed by atoms with Crippen LogP contribution in [-0.4, -0.2) is 37.3 Å². The molecule has 0 aliphatic heterocycles. The molecule has 0 N–H and O–H groups in total. The minimum Gasteiger partial charge on any atom is -0.385 e. The Balaban J connectivity index is 3.22. The molecule has 0 aliphatic rings. The summed E-state index contributed by atoms with van der Waals surface area (Å²) in [7, 11) is -1.12. The molecule has 0 fully saturated rings. The van der Waals surface area contributed by atoms with Crippen molar-refractivity contribution in [1.29, 1.82) is 0 Å². The summed E-state index contributed by atoms with van der Waals surface area (Å²) in [6.45, 7) is 3.08. The van der Waals surface area contributed by atoms with Crippen molar-refractivity contribution in [3.8, 4) is 5.88 Å². The predicted octanol–water partition coefficient (Wildman–Crippen LogP) is 3.12. The van der Waals surface area contributed by atoms with E-state index in [1.54, 1.807) is 13.8 Å². The Morgan fingerprint density at radius 1 is 1.18 bits per heavy atom. The first-order valence-electron chi connectivity index (χ1n) is 6.33. The van der Waals surface area contributed by atoms with E-state index in [9.17, 15) is 17.7 Å². The zero-order valence-electron chi connectivity index (χ0n) is 12.5. The number of rotatable bonds is 7. The van der Waals surface area contributed by atoms with Crippen LogP contribution in [0.25, 0.3) is 0 Å². The van der Waals surface area contributed by atoms with E-state index < -0.39 is 25.6 Å². The number of phosphoric ester groups is 1. The average molecular weight is 343 g/mol. The summed E-state index contributed by atoms with van der Waals surface area (Å²) in [6, 6.07) is 0.539. The Labute approximate surface area is 126 Å². The predicted molar refractivity (Wildman–Crippen MR) is 72.8 cm³/mol. The zero-order chi connectivity index (χ0) is 17.0. The topological polar surface area (TPSA) is 73.8 Å². The Bertz CT molecular complexity index is 544. The molecule has 0 amide bonds. The Hall–Kier alpha value is -1.38. The van der Waals surface area contributed by atoms with Gasteiger partial charge in [-0.05, 0) is 13.8 Å². The van der Waals surface area contributed by atoms with Gasteiger partial charge in [-0.1, -0.05) is 0 Å². The highest BCUT2D eigenvalue weighted by atomic mass is 31.2. The second-order valence-corrected chi connectivity index (χ2v) is 5.75. The maximum atomic E-state index is 12.8. The van der Waals surface area contributed by atoms with Crippen LogP contribution in [-0.2, 0) is 19.8 Å². The molecule has 22 heavy (non-hydrogen) atoms. The minimum absolute atomic E-state index is 0.00493. The van der Waals surface area contributed by atoms with E-state index in [0.717, 1.165) is 0 Å². The third-order valence-corrected chi connectivity index (χ3v) is 3.72. The van der Waals surface area contributed by atoms with Gasteiger partial charge in [0.05, 0.1) is 13.2 Å². The number of phosphoric acid groups is 1. The van der Waals surface area contributed by atoms with Gasteiger partial charge in [0.25, 0.3) is 0 Å². The highest BCUT2D eigenvalue weighted by molar-refractivity contribution is 7.48. The summed E-state index contributed by atoms with van der Waals surface area (Å²) in [5, 5.41) is 0. The maximum absolute atomic E-state index is 12.8. The fraction of sp³-hybridized carbons (Fsp3) is 0.636. The first-order valence-corrected chi connectivity index (χ1v) is 7.79. The van der Waals surface area contributed by atoms with Crippen LogP contribution in [0.5, 0.6) is 5.88 Å². The van der Waals surface area contributed by atoms with Crippen LogP contribution in [0.4, 0.5) is 19.1 Å². The fourth-order valence-electron chi connectivity index (χ4n) is 1.33. The van der Waals surface area contributed by atoms with Gasteiger partial charge in [-0.25, -0.2) is 9.55 Å². The molecule has 0 saturated carbocycles. The first kappa shape index (κ1) is 18.7. The number of aromatic nitrogens is 2. The van der Waals surface area contributed by atoms with E-state index in [-0.39, 0.29) is 19.2 Å². The Morgan fingerprint density at radius 3 is 2.14 bits per heavy atom. The molecule has 1 aromatic rings. The molecule has 126 valence electrons. The van der Waals surface area contributed by atoms with Gasteiger partial charge in [0.15, 0.2) is 5.69 Å². The molecule has 0 aliphatic carbocycles. The minimum atomic E-state index is -4.70. The summed E-state index contributed by atoms with van der Waals surface area (Å²) in [5.41, 5.74) is -1.22. The van der Waals surface area contributed by atoms with E-state index >= 15 is 0 Å². The van der Waals surface area contributed by atoms with Gasteiger partial charge in [0.1, 0.15) is 0 Å². The van der Waals surface area contributed by atoms with Crippen molar-refractivity contribution in [2.24, 2.45) is 0 Å². The van der Waals surface area contributed by atoms with Crippen LogP contribution in [0.1, 0.15) is 19.5 Å². The van der Waals surface area contributed by atoms with Crippen LogP contribution < -0.4 is 9.42 Å². The van der Waals surface area contributed by atoms with Gasteiger partial charge in [0.2, 0.25) is 11.8 Å². The first-order chi connectivity index (χ1) is 10.1. The normalized spacial score (nSPS) is 12.3. The molecule has 0 bridgehead atoms. The molecule has 0 atom stereocenters. The van der Waals surface area contributed by atoms with Crippen LogP contribution in [0, 0.1) is 0 Å². The summed E-state index contributed by atoms with van der Waals surface area (Å²) < 4.78 is 65.4. The van der Waals surface area contributed by atoms with Crippen LogP contribution in [0.15, 0.2) is 6.07 Å². The summed E-state index contributed by atoms with van der Waals surface area (Å²) in [4.78, 5) is 8.38. The molecule has 11 heteroatoms. The largest absolute Gasteiger partial charge is 0.531 e. The number of nitrogens with zero attached hydrogens (tertiary/aromatic N) is 3. The van der Waals surface area contributed by atoms with Gasteiger partial charge in [-0.15, -0.1) is 0 Å². The second kappa shape index (κ2) is 7.26. The quantitative estimate of drug-likeness (QED) is 0.704. The molecule has 0 aromatic carbocycles. The molecule has 0 saturated heterocycles. The third-order valence-electron chi connectivity index (χ3n) is 2.16. The smallest absolute Gasteiger partial charge is 0.385 e. The summed E-state index contributed by atoms with van der Waals surface area (Å²) in [5.74, 6) is -0.791. The van der Waals surface area contributed by atoms with E-state index in [2.05, 4.69) is 9.97 Å². The van der Waals surface area contributed by atoms with E-state index in [1.807, 2.05) is 0 Å². The molecule has 0 spiro atoms. The highest BCUT2D eigenvalue weighted by Gasteiger charge is 2.36. The molecular weight excluding hydrogens is 326 g/mol. The third kappa shape index (κ3) is 5.11. The van der Waals surface area contributed by atoms with Crippen molar-refractivity contribution < 1.29 is 31.3 Å². The van der Waals surface area contributed by atoms with Crippen molar-refractivity contribution >= 4 is 13.8 Å². The number of anilines is 1. The lowest BCUT2D eigenvalue weighted by Gasteiger charge is -2.19. The van der Waals surface area contributed by atoms with E-state index in [1.165, 1.54) is 19.0 Å². The second-order valence-electron chi connectivity index (χ2n) is 4.16. The van der Waals surface area contributed by atoms with Crippen LogP contribution in [0.3, 0.4) is 0 Å². The van der Waals surface area contributed by atoms with Gasteiger partial charge >= 0.3 is 14.0 Å². The number of hydrogen-bond acceptors (Lipinski definition) is 7. The Morgan fingerprint density at radius 2 is 1.73 bits per heavy atom. The number of alkyl halides is 3. The molecule has 1 aromatic heterocycles. The molecule has 1 heterocycles. The SMILES string of the molecule is CCOP(=O)(OCC)Oc1cc(C(F)(F)F)nc(N(C)C)n1. The van der Waals surface area contributed by atoms with Crippen LogP contribution >= 0.6 is 7.82 Å². The van der Waals surface area contributed by atoms with Gasteiger partial charge < -0.3 is 9.42 Å². The fourth-order valence-corrected chi connectivity index (χ4v) is 2.46. The Kier molecular flexibility index (Phi) is 6.16. The molecule has 1 rings (SSSR count). The van der Waals surface area contributed by atoms with Gasteiger partial charge in [-0.3, -0.25) is 9.05 Å². The van der Waals surface area contributed by atoms with Crippen molar-refractivity contribution in [2.75, 3.05) is 32.2 Å². The highest BCUT2D eigenvalue weighted by Crippen LogP contribution is 2.49. The van der Waals surface area contributed by atoms with Crippen molar-refractivity contribution in [2.45, 2.75) is 20.0 Å². The summed E-state index contributed by atoms with van der Waals surface area (Å²) in [6.07, 6.45) is -4.70. The van der Waals surface area contributed by atoms with Gasteiger partial charge in [-0.2, -0.15) is 18.2 Å². The number of halogens is 3. The van der Waals surface area contributed by atoms with Crippen molar-refractivity contribution in [3.63, 3.8) is 0 Å². The number of hydrogen-bond donors (Lipinski definition) is 0. The van der Waals surface area contributed by atoms with E-state index in [4.69, 9.17) is 13.6 Å². The molecule has 7 nitrogen and oxygen atoms in total. The average Bonchev–Trinajstić information content (AvgIpc) is 2.37. The zero-order valence-corrected chi connectivity index (χ0v) is 13.4. The monoisotopic (exact) mass is 343 g/mol. The molecular formula is C11H17F3N3O4P. The molecule has 0 radical (unpaired) electrons. The maximum Gasteiger partial charge on any atom is 0.531 e. The lowest BCUT2D eigenvalue weighted by atomic mass is 10.4.